The third kappa shape index (κ3) is 1.42. The molecule has 1 aromatic heterocycles. The molecule has 0 bridgehead atoms. The minimum absolute atomic E-state index is 0.276. The van der Waals surface area contributed by atoms with Crippen molar-refractivity contribution in [2.75, 3.05) is 20.3 Å². The lowest BCUT2D eigenvalue weighted by atomic mass is 10.3. The Morgan fingerprint density at radius 2 is 2.54 bits per heavy atom. The molecule has 0 N–H and O–H groups in total. The second-order valence-corrected chi connectivity index (χ2v) is 2.86. The number of nitrogens with zero attached hydrogens (tertiary/aromatic N) is 2. The van der Waals surface area contributed by atoms with Crippen LogP contribution in [0.4, 0.5) is 0 Å². The van der Waals surface area contributed by atoms with Crippen LogP contribution in [0.15, 0.2) is 12.3 Å². The first-order chi connectivity index (χ1) is 6.31. The van der Waals surface area contributed by atoms with Gasteiger partial charge in [-0.2, -0.15) is 5.10 Å². The molecule has 13 heavy (non-hydrogen) atoms. The molecule has 0 spiro atoms. The summed E-state index contributed by atoms with van der Waals surface area (Å²) in [5.41, 5.74) is 0.342. The molecule has 1 aromatic rings. The molecule has 0 radical (unpaired) electrons. The van der Waals surface area contributed by atoms with Crippen molar-refractivity contribution in [2.24, 2.45) is 0 Å². The van der Waals surface area contributed by atoms with Crippen molar-refractivity contribution in [3.63, 3.8) is 0 Å². The van der Waals surface area contributed by atoms with Crippen molar-refractivity contribution in [1.82, 2.24) is 9.78 Å². The van der Waals surface area contributed by atoms with Crippen molar-refractivity contribution in [1.29, 1.82) is 0 Å². The number of carbonyl (C=O) groups is 1. The fraction of sp³-hybridized carbons (Fsp3) is 0.500. The highest BCUT2D eigenvalue weighted by Gasteiger charge is 2.22. The van der Waals surface area contributed by atoms with Gasteiger partial charge in [-0.15, -0.1) is 0 Å². The van der Waals surface area contributed by atoms with Gasteiger partial charge in [-0.1, -0.05) is 0 Å². The Labute approximate surface area is 75.2 Å². The Bertz CT molecular complexity index is 317. The summed E-state index contributed by atoms with van der Waals surface area (Å²) in [5.74, 6) is -0.404. The highest BCUT2D eigenvalue weighted by Crippen LogP contribution is 2.15. The van der Waals surface area contributed by atoms with Crippen LogP contribution in [0.3, 0.4) is 0 Å². The van der Waals surface area contributed by atoms with Gasteiger partial charge in [0.2, 0.25) is 0 Å². The molecule has 1 saturated heterocycles. The summed E-state index contributed by atoms with van der Waals surface area (Å²) in [4.78, 5) is 11.0. The number of hydrogen-bond acceptors (Lipinski definition) is 4. The number of esters is 1. The third-order valence-corrected chi connectivity index (χ3v) is 2.00. The quantitative estimate of drug-likeness (QED) is 0.615. The maximum Gasteiger partial charge on any atom is 0.358 e. The molecule has 1 aliphatic rings. The fourth-order valence-electron chi connectivity index (χ4n) is 1.13. The fourth-order valence-corrected chi connectivity index (χ4v) is 1.13. The molecular weight excluding hydrogens is 172 g/mol. The maximum absolute atomic E-state index is 11.0. The predicted octanol–water partition coefficient (Wildman–Crippen LogP) is 0.241. The van der Waals surface area contributed by atoms with E-state index in [1.165, 1.54) is 7.11 Å². The van der Waals surface area contributed by atoms with Gasteiger partial charge < -0.3 is 9.47 Å². The maximum atomic E-state index is 11.0. The summed E-state index contributed by atoms with van der Waals surface area (Å²) in [6, 6.07) is 1.92. The monoisotopic (exact) mass is 182 g/mol. The van der Waals surface area contributed by atoms with Crippen LogP contribution in [0.5, 0.6) is 0 Å². The number of hydrogen-bond donors (Lipinski definition) is 0. The van der Waals surface area contributed by atoms with Crippen molar-refractivity contribution < 1.29 is 14.3 Å². The standard InChI is InChI=1S/C8H10N2O3/c1-12-8(11)7-2-3-10(9-7)6-4-13-5-6/h2-3,6H,4-5H2,1H3. The Morgan fingerprint density at radius 3 is 3.08 bits per heavy atom. The summed E-state index contributed by atoms with van der Waals surface area (Å²) in [6.07, 6.45) is 1.76. The number of ether oxygens (including phenoxy) is 2. The smallest absolute Gasteiger partial charge is 0.358 e. The molecular formula is C8H10N2O3. The van der Waals surface area contributed by atoms with E-state index in [9.17, 15) is 4.79 Å². The first kappa shape index (κ1) is 8.25. The van der Waals surface area contributed by atoms with Gasteiger partial charge in [0.25, 0.3) is 0 Å². The van der Waals surface area contributed by atoms with Crippen LogP contribution in [0, 0.1) is 0 Å². The second kappa shape index (κ2) is 3.18. The first-order valence-corrected chi connectivity index (χ1v) is 4.02. The average molecular weight is 182 g/mol. The van der Waals surface area contributed by atoms with E-state index in [2.05, 4.69) is 9.84 Å². The van der Waals surface area contributed by atoms with Crippen molar-refractivity contribution in [3.05, 3.63) is 18.0 Å². The molecule has 2 rings (SSSR count). The zero-order chi connectivity index (χ0) is 9.26. The normalized spacial score (nSPS) is 16.7. The van der Waals surface area contributed by atoms with Crippen LogP contribution in [-0.4, -0.2) is 36.1 Å². The summed E-state index contributed by atoms with van der Waals surface area (Å²) in [6.45, 7) is 1.34. The highest BCUT2D eigenvalue weighted by atomic mass is 16.5. The SMILES string of the molecule is COC(=O)c1ccn(C2COC2)n1. The summed E-state index contributed by atoms with van der Waals surface area (Å²) in [5, 5.41) is 4.07. The third-order valence-electron chi connectivity index (χ3n) is 2.00. The van der Waals surface area contributed by atoms with E-state index in [4.69, 9.17) is 4.74 Å². The molecule has 70 valence electrons. The number of aromatic nitrogens is 2. The van der Waals surface area contributed by atoms with Gasteiger partial charge in [0, 0.05) is 6.20 Å². The van der Waals surface area contributed by atoms with Crippen LogP contribution in [0.25, 0.3) is 0 Å². The lowest BCUT2D eigenvalue weighted by molar-refractivity contribution is -0.0288. The highest BCUT2D eigenvalue weighted by molar-refractivity contribution is 5.86. The van der Waals surface area contributed by atoms with Crippen LogP contribution < -0.4 is 0 Å². The zero-order valence-corrected chi connectivity index (χ0v) is 7.27. The molecule has 5 nitrogen and oxygen atoms in total. The van der Waals surface area contributed by atoms with E-state index >= 15 is 0 Å². The van der Waals surface area contributed by atoms with Crippen molar-refractivity contribution in [2.45, 2.75) is 6.04 Å². The van der Waals surface area contributed by atoms with Gasteiger partial charge in [-0.3, -0.25) is 4.68 Å². The summed E-state index contributed by atoms with van der Waals surface area (Å²) >= 11 is 0. The average Bonchev–Trinajstić information content (AvgIpc) is 2.49. The first-order valence-electron chi connectivity index (χ1n) is 4.02. The molecule has 0 saturated carbocycles. The van der Waals surface area contributed by atoms with E-state index in [0.29, 0.717) is 18.9 Å². The zero-order valence-electron chi connectivity index (χ0n) is 7.27. The predicted molar refractivity (Wildman–Crippen MR) is 43.4 cm³/mol. The lowest BCUT2D eigenvalue weighted by Crippen LogP contribution is -2.31. The van der Waals surface area contributed by atoms with E-state index in [1.54, 1.807) is 16.9 Å². The van der Waals surface area contributed by atoms with Crippen LogP contribution >= 0.6 is 0 Å². The van der Waals surface area contributed by atoms with E-state index in [-0.39, 0.29) is 6.04 Å². The molecule has 2 heterocycles. The van der Waals surface area contributed by atoms with Crippen LogP contribution in [-0.2, 0) is 9.47 Å². The summed E-state index contributed by atoms with van der Waals surface area (Å²) in [7, 11) is 1.34. The Morgan fingerprint density at radius 1 is 1.77 bits per heavy atom. The van der Waals surface area contributed by atoms with Gasteiger partial charge >= 0.3 is 5.97 Å². The molecule has 5 heteroatoms. The molecule has 0 aliphatic carbocycles. The molecule has 0 aromatic carbocycles. The van der Waals surface area contributed by atoms with Gasteiger partial charge in [-0.25, -0.2) is 4.79 Å². The number of methoxy groups -OCH3 is 1. The molecule has 0 atom stereocenters. The van der Waals surface area contributed by atoms with Gasteiger partial charge in [-0.05, 0) is 6.07 Å². The molecule has 1 aliphatic heterocycles. The van der Waals surface area contributed by atoms with Gasteiger partial charge in [0.1, 0.15) is 0 Å². The Kier molecular flexibility index (Phi) is 2.02. The minimum atomic E-state index is -0.404. The molecule has 0 unspecified atom stereocenters. The second-order valence-electron chi connectivity index (χ2n) is 2.86. The van der Waals surface area contributed by atoms with Crippen LogP contribution in [0.1, 0.15) is 16.5 Å². The van der Waals surface area contributed by atoms with Gasteiger partial charge in [0.15, 0.2) is 5.69 Å². The van der Waals surface area contributed by atoms with Crippen molar-refractivity contribution >= 4 is 5.97 Å². The topological polar surface area (TPSA) is 53.4 Å². The molecule has 1 fully saturated rings. The van der Waals surface area contributed by atoms with Gasteiger partial charge in [0.05, 0.1) is 26.4 Å². The van der Waals surface area contributed by atoms with E-state index in [1.807, 2.05) is 0 Å². The Hall–Kier alpha value is -1.36. The summed E-state index contributed by atoms with van der Waals surface area (Å²) < 4.78 is 11.3. The largest absolute Gasteiger partial charge is 0.464 e. The van der Waals surface area contributed by atoms with E-state index < -0.39 is 5.97 Å². The number of rotatable bonds is 2. The van der Waals surface area contributed by atoms with E-state index in [0.717, 1.165) is 0 Å². The van der Waals surface area contributed by atoms with Crippen molar-refractivity contribution in [3.8, 4) is 0 Å². The number of carbonyl (C=O) groups excluding carboxylic acids is 1. The minimum Gasteiger partial charge on any atom is -0.464 e. The Balaban J connectivity index is 2.12. The molecule has 0 amide bonds. The lowest BCUT2D eigenvalue weighted by Gasteiger charge is -2.25. The van der Waals surface area contributed by atoms with Crippen LogP contribution in [0.2, 0.25) is 0 Å².